The highest BCUT2D eigenvalue weighted by Crippen LogP contribution is 2.23. The molecule has 1 aromatic carbocycles. The maximum absolute atomic E-state index is 12.3. The second-order valence-electron chi connectivity index (χ2n) is 6.39. The molecule has 0 fully saturated rings. The van der Waals surface area contributed by atoms with Gasteiger partial charge in [-0.2, -0.15) is 0 Å². The quantitative estimate of drug-likeness (QED) is 0.789. The monoisotopic (exact) mass is 368 g/mol. The van der Waals surface area contributed by atoms with Crippen LogP contribution in [0.5, 0.6) is 0 Å². The number of hydrogen-bond acceptors (Lipinski definition) is 6. The SMILES string of the molecule is Cc1cccc(CNS(=O)(=O)c2nnc(NC(=O)C(C)(C)C)s2)c1. The van der Waals surface area contributed by atoms with Crippen LogP contribution in [0.4, 0.5) is 5.13 Å². The van der Waals surface area contributed by atoms with Crippen molar-refractivity contribution in [2.75, 3.05) is 5.32 Å². The minimum absolute atomic E-state index is 0.158. The molecule has 0 unspecified atom stereocenters. The summed E-state index contributed by atoms with van der Waals surface area (Å²) >= 11 is 0.818. The molecule has 1 aromatic heterocycles. The summed E-state index contributed by atoms with van der Waals surface area (Å²) in [7, 11) is -3.78. The topological polar surface area (TPSA) is 101 Å². The maximum atomic E-state index is 12.3. The van der Waals surface area contributed by atoms with Crippen molar-refractivity contribution in [2.24, 2.45) is 5.41 Å². The van der Waals surface area contributed by atoms with Gasteiger partial charge in [0.25, 0.3) is 10.0 Å². The summed E-state index contributed by atoms with van der Waals surface area (Å²) < 4.78 is 26.8. The van der Waals surface area contributed by atoms with E-state index < -0.39 is 15.4 Å². The normalized spacial score (nSPS) is 12.2. The van der Waals surface area contributed by atoms with Gasteiger partial charge in [0.1, 0.15) is 0 Å². The smallest absolute Gasteiger partial charge is 0.270 e. The van der Waals surface area contributed by atoms with Gasteiger partial charge in [-0.05, 0) is 12.5 Å². The first-order valence-corrected chi connectivity index (χ1v) is 9.58. The average molecular weight is 368 g/mol. The fraction of sp³-hybridized carbons (Fsp3) is 0.400. The number of aromatic nitrogens is 2. The van der Waals surface area contributed by atoms with E-state index in [1.54, 1.807) is 20.8 Å². The number of nitrogens with one attached hydrogen (secondary N) is 2. The van der Waals surface area contributed by atoms with Crippen LogP contribution in [0.3, 0.4) is 0 Å². The molecule has 130 valence electrons. The largest absolute Gasteiger partial charge is 0.300 e. The van der Waals surface area contributed by atoms with Crippen LogP contribution in [0.15, 0.2) is 28.6 Å². The van der Waals surface area contributed by atoms with E-state index >= 15 is 0 Å². The van der Waals surface area contributed by atoms with Gasteiger partial charge in [0.05, 0.1) is 0 Å². The molecule has 2 N–H and O–H groups in total. The number of rotatable bonds is 5. The highest BCUT2D eigenvalue weighted by Gasteiger charge is 2.25. The Morgan fingerprint density at radius 1 is 1.25 bits per heavy atom. The van der Waals surface area contributed by atoms with E-state index in [1.807, 2.05) is 31.2 Å². The number of hydrogen-bond donors (Lipinski definition) is 2. The number of anilines is 1. The van der Waals surface area contributed by atoms with Crippen LogP contribution >= 0.6 is 11.3 Å². The number of amides is 1. The number of aryl methyl sites for hydroxylation is 1. The molecular formula is C15H20N4O3S2. The molecule has 24 heavy (non-hydrogen) atoms. The highest BCUT2D eigenvalue weighted by atomic mass is 32.2. The van der Waals surface area contributed by atoms with E-state index in [1.165, 1.54) is 0 Å². The summed E-state index contributed by atoms with van der Waals surface area (Å²) in [6.45, 7) is 7.36. The van der Waals surface area contributed by atoms with Gasteiger partial charge in [0.2, 0.25) is 15.4 Å². The zero-order valence-electron chi connectivity index (χ0n) is 14.0. The predicted octanol–water partition coefficient (Wildman–Crippen LogP) is 2.31. The molecule has 1 heterocycles. The van der Waals surface area contributed by atoms with Crippen molar-refractivity contribution < 1.29 is 13.2 Å². The van der Waals surface area contributed by atoms with E-state index in [9.17, 15) is 13.2 Å². The molecule has 0 saturated heterocycles. The first-order valence-electron chi connectivity index (χ1n) is 7.28. The number of benzene rings is 1. The average Bonchev–Trinajstić information content (AvgIpc) is 2.94. The lowest BCUT2D eigenvalue weighted by molar-refractivity contribution is -0.123. The fourth-order valence-electron chi connectivity index (χ4n) is 1.72. The fourth-order valence-corrected chi connectivity index (χ4v) is 3.67. The van der Waals surface area contributed by atoms with E-state index in [0.29, 0.717) is 0 Å². The van der Waals surface area contributed by atoms with Crippen LogP contribution in [-0.2, 0) is 21.4 Å². The van der Waals surface area contributed by atoms with Crippen LogP contribution in [0, 0.1) is 12.3 Å². The summed E-state index contributed by atoms with van der Waals surface area (Å²) in [4.78, 5) is 11.9. The number of carbonyl (C=O) groups is 1. The molecule has 0 atom stereocenters. The summed E-state index contributed by atoms with van der Waals surface area (Å²) in [5.74, 6) is -0.254. The lowest BCUT2D eigenvalue weighted by Crippen LogP contribution is -2.27. The predicted molar refractivity (Wildman–Crippen MR) is 93.2 cm³/mol. The molecule has 1 amide bonds. The molecule has 0 bridgehead atoms. The standard InChI is InChI=1S/C15H20N4O3S2/c1-10-6-5-7-11(8-10)9-16-24(21,22)14-19-18-13(23-14)17-12(20)15(2,3)4/h5-8,16H,9H2,1-4H3,(H,17,18,20). The van der Waals surface area contributed by atoms with Gasteiger partial charge in [0, 0.05) is 12.0 Å². The Balaban J connectivity index is 2.06. The molecule has 9 heteroatoms. The highest BCUT2D eigenvalue weighted by molar-refractivity contribution is 7.91. The van der Waals surface area contributed by atoms with Gasteiger partial charge < -0.3 is 5.32 Å². The summed E-state index contributed by atoms with van der Waals surface area (Å²) in [6, 6.07) is 7.54. The zero-order chi connectivity index (χ0) is 18.0. The molecule has 0 spiro atoms. The van der Waals surface area contributed by atoms with Gasteiger partial charge in [0.15, 0.2) is 0 Å². The molecular weight excluding hydrogens is 348 g/mol. The Morgan fingerprint density at radius 3 is 2.58 bits per heavy atom. The third-order valence-corrected chi connectivity index (χ3v) is 5.69. The maximum Gasteiger partial charge on any atom is 0.270 e. The summed E-state index contributed by atoms with van der Waals surface area (Å²) in [5.41, 5.74) is 1.30. The number of carbonyl (C=O) groups excluding carboxylic acids is 1. The Morgan fingerprint density at radius 2 is 1.96 bits per heavy atom. The molecule has 2 rings (SSSR count). The molecule has 7 nitrogen and oxygen atoms in total. The molecule has 0 radical (unpaired) electrons. The third-order valence-electron chi connectivity index (χ3n) is 3.09. The van der Waals surface area contributed by atoms with Crippen molar-refractivity contribution in [3.8, 4) is 0 Å². The van der Waals surface area contributed by atoms with Crippen molar-refractivity contribution >= 4 is 32.4 Å². The lowest BCUT2D eigenvalue weighted by Gasteiger charge is -2.15. The summed E-state index contributed by atoms with van der Waals surface area (Å²) in [5, 5.41) is 10.1. The van der Waals surface area contributed by atoms with Crippen LogP contribution in [0.1, 0.15) is 31.9 Å². The van der Waals surface area contributed by atoms with Crippen LogP contribution in [0.2, 0.25) is 0 Å². The first kappa shape index (κ1) is 18.5. The second-order valence-corrected chi connectivity index (χ2v) is 9.31. The van der Waals surface area contributed by atoms with Crippen molar-refractivity contribution in [3.63, 3.8) is 0 Å². The van der Waals surface area contributed by atoms with Gasteiger partial charge in [-0.25, -0.2) is 13.1 Å². The molecule has 2 aromatic rings. The lowest BCUT2D eigenvalue weighted by atomic mass is 9.96. The van der Waals surface area contributed by atoms with Crippen molar-refractivity contribution in [2.45, 2.75) is 38.6 Å². The van der Waals surface area contributed by atoms with Crippen LogP contribution < -0.4 is 10.0 Å². The summed E-state index contributed by atoms with van der Waals surface area (Å²) in [6.07, 6.45) is 0. The molecule has 0 saturated carbocycles. The molecule has 0 aliphatic heterocycles. The van der Waals surface area contributed by atoms with Crippen LogP contribution in [0.25, 0.3) is 0 Å². The van der Waals surface area contributed by atoms with Gasteiger partial charge in [-0.15, -0.1) is 10.2 Å². The van der Waals surface area contributed by atoms with E-state index in [0.717, 1.165) is 22.5 Å². The Kier molecular flexibility index (Phi) is 5.36. The molecule has 0 aliphatic carbocycles. The Labute approximate surface area is 145 Å². The van der Waals surface area contributed by atoms with E-state index in [2.05, 4.69) is 20.2 Å². The van der Waals surface area contributed by atoms with E-state index in [-0.39, 0.29) is 21.9 Å². The van der Waals surface area contributed by atoms with Gasteiger partial charge >= 0.3 is 0 Å². The van der Waals surface area contributed by atoms with Gasteiger partial charge in [-0.3, -0.25) is 4.79 Å². The Hall–Kier alpha value is -1.84. The van der Waals surface area contributed by atoms with Gasteiger partial charge in [-0.1, -0.05) is 61.9 Å². The second kappa shape index (κ2) is 6.96. The minimum Gasteiger partial charge on any atom is -0.300 e. The van der Waals surface area contributed by atoms with Crippen molar-refractivity contribution in [1.82, 2.24) is 14.9 Å². The molecule has 0 aliphatic rings. The zero-order valence-corrected chi connectivity index (χ0v) is 15.6. The van der Waals surface area contributed by atoms with Crippen molar-refractivity contribution in [1.29, 1.82) is 0 Å². The van der Waals surface area contributed by atoms with E-state index in [4.69, 9.17) is 0 Å². The first-order chi connectivity index (χ1) is 11.1. The number of nitrogens with zero attached hydrogens (tertiary/aromatic N) is 2. The minimum atomic E-state index is -3.78. The Bertz CT molecular complexity index is 838. The number of sulfonamides is 1. The van der Waals surface area contributed by atoms with Crippen LogP contribution in [-0.4, -0.2) is 24.5 Å². The third kappa shape index (κ3) is 4.83. The van der Waals surface area contributed by atoms with Crippen molar-refractivity contribution in [3.05, 3.63) is 35.4 Å².